The van der Waals surface area contributed by atoms with Gasteiger partial charge in [-0.1, -0.05) is 13.0 Å². The van der Waals surface area contributed by atoms with Gasteiger partial charge in [-0.3, -0.25) is 0 Å². The Morgan fingerprint density at radius 1 is 1.29 bits per heavy atom. The van der Waals surface area contributed by atoms with E-state index < -0.39 is 23.3 Å². The standard InChI is InChI=1S/C16H23F2NO2/c1-11-4-6-16(21,7-5-11)10-19-9-15(20)12-2-3-13(17)14(18)8-12/h2-3,8,11,15,19-21H,4-7,9-10H2,1H3. The normalized spacial score (nSPS) is 27.6. The van der Waals surface area contributed by atoms with Crippen molar-refractivity contribution in [3.05, 3.63) is 35.4 Å². The molecule has 0 heterocycles. The third-order valence-corrected chi connectivity index (χ3v) is 4.33. The van der Waals surface area contributed by atoms with Crippen LogP contribution in [0.1, 0.15) is 44.3 Å². The number of hydrogen-bond acceptors (Lipinski definition) is 3. The topological polar surface area (TPSA) is 52.5 Å². The van der Waals surface area contributed by atoms with Crippen LogP contribution in [0, 0.1) is 17.6 Å². The van der Waals surface area contributed by atoms with Crippen LogP contribution in [0.15, 0.2) is 18.2 Å². The van der Waals surface area contributed by atoms with Crippen LogP contribution < -0.4 is 5.32 Å². The van der Waals surface area contributed by atoms with Crippen molar-refractivity contribution in [2.45, 2.75) is 44.3 Å². The van der Waals surface area contributed by atoms with Crippen LogP contribution in [0.3, 0.4) is 0 Å². The smallest absolute Gasteiger partial charge is 0.159 e. The molecule has 0 saturated heterocycles. The van der Waals surface area contributed by atoms with Gasteiger partial charge in [-0.15, -0.1) is 0 Å². The molecule has 0 aliphatic heterocycles. The van der Waals surface area contributed by atoms with Gasteiger partial charge in [0.1, 0.15) is 0 Å². The average molecular weight is 299 g/mol. The molecule has 1 aromatic rings. The average Bonchev–Trinajstić information content (AvgIpc) is 2.45. The van der Waals surface area contributed by atoms with E-state index in [1.54, 1.807) is 0 Å². The molecule has 0 spiro atoms. The van der Waals surface area contributed by atoms with Crippen LogP contribution in [0.25, 0.3) is 0 Å². The van der Waals surface area contributed by atoms with Crippen molar-refractivity contribution in [3.63, 3.8) is 0 Å². The Morgan fingerprint density at radius 3 is 2.57 bits per heavy atom. The molecular formula is C16H23F2NO2. The number of nitrogens with one attached hydrogen (secondary N) is 1. The Balaban J connectivity index is 1.81. The molecule has 1 aliphatic carbocycles. The summed E-state index contributed by atoms with van der Waals surface area (Å²) in [5.74, 6) is -1.24. The van der Waals surface area contributed by atoms with E-state index in [2.05, 4.69) is 12.2 Å². The van der Waals surface area contributed by atoms with Gasteiger partial charge in [0, 0.05) is 13.1 Å². The number of rotatable bonds is 5. The monoisotopic (exact) mass is 299 g/mol. The lowest BCUT2D eigenvalue weighted by molar-refractivity contribution is -0.00804. The highest BCUT2D eigenvalue weighted by Crippen LogP contribution is 2.31. The maximum absolute atomic E-state index is 13.1. The van der Waals surface area contributed by atoms with Crippen LogP contribution in [0.4, 0.5) is 8.78 Å². The predicted molar refractivity (Wildman–Crippen MR) is 76.8 cm³/mol. The molecule has 1 saturated carbocycles. The Kier molecular flexibility index (Phi) is 5.30. The molecule has 3 nitrogen and oxygen atoms in total. The molecule has 0 aromatic heterocycles. The molecule has 1 aliphatic rings. The quantitative estimate of drug-likeness (QED) is 0.783. The van der Waals surface area contributed by atoms with Gasteiger partial charge in [-0.2, -0.15) is 0 Å². The van der Waals surface area contributed by atoms with Gasteiger partial charge >= 0.3 is 0 Å². The minimum Gasteiger partial charge on any atom is -0.389 e. The molecule has 1 unspecified atom stereocenters. The van der Waals surface area contributed by atoms with Crippen LogP contribution >= 0.6 is 0 Å². The fraction of sp³-hybridized carbons (Fsp3) is 0.625. The molecule has 0 bridgehead atoms. The SMILES string of the molecule is CC1CCC(O)(CNCC(O)c2ccc(F)c(F)c2)CC1. The van der Waals surface area contributed by atoms with E-state index in [9.17, 15) is 19.0 Å². The van der Waals surface area contributed by atoms with Crippen molar-refractivity contribution in [1.82, 2.24) is 5.32 Å². The zero-order valence-corrected chi connectivity index (χ0v) is 12.3. The zero-order valence-electron chi connectivity index (χ0n) is 12.3. The number of halogens is 2. The van der Waals surface area contributed by atoms with E-state index in [-0.39, 0.29) is 6.54 Å². The minimum atomic E-state index is -0.966. The Bertz CT molecular complexity index is 473. The fourth-order valence-corrected chi connectivity index (χ4v) is 2.76. The third-order valence-electron chi connectivity index (χ3n) is 4.33. The van der Waals surface area contributed by atoms with Gasteiger partial charge in [0.25, 0.3) is 0 Å². The van der Waals surface area contributed by atoms with E-state index in [0.717, 1.165) is 37.8 Å². The summed E-state index contributed by atoms with van der Waals surface area (Å²) in [4.78, 5) is 0. The summed E-state index contributed by atoms with van der Waals surface area (Å²) in [7, 11) is 0. The summed E-state index contributed by atoms with van der Waals surface area (Å²) in [6.45, 7) is 2.78. The maximum atomic E-state index is 13.1. The molecule has 1 fully saturated rings. The second kappa shape index (κ2) is 6.81. The molecule has 5 heteroatoms. The van der Waals surface area contributed by atoms with Crippen molar-refractivity contribution in [1.29, 1.82) is 0 Å². The van der Waals surface area contributed by atoms with Crippen molar-refractivity contribution in [2.24, 2.45) is 5.92 Å². The lowest BCUT2D eigenvalue weighted by Crippen LogP contribution is -2.44. The Hall–Kier alpha value is -1.04. The second-order valence-corrected chi connectivity index (χ2v) is 6.23. The number of aliphatic hydroxyl groups excluding tert-OH is 1. The van der Waals surface area contributed by atoms with Crippen molar-refractivity contribution >= 4 is 0 Å². The first-order valence-electron chi connectivity index (χ1n) is 7.46. The van der Waals surface area contributed by atoms with E-state index in [1.165, 1.54) is 6.07 Å². The Morgan fingerprint density at radius 2 is 1.95 bits per heavy atom. The lowest BCUT2D eigenvalue weighted by atomic mass is 9.79. The van der Waals surface area contributed by atoms with Gasteiger partial charge in [0.15, 0.2) is 11.6 Å². The second-order valence-electron chi connectivity index (χ2n) is 6.23. The minimum absolute atomic E-state index is 0.197. The summed E-state index contributed by atoms with van der Waals surface area (Å²) in [5, 5.41) is 23.4. The summed E-state index contributed by atoms with van der Waals surface area (Å²) in [6.07, 6.45) is 2.59. The molecule has 2 rings (SSSR count). The van der Waals surface area contributed by atoms with Crippen LogP contribution in [-0.2, 0) is 0 Å². The molecule has 1 atom stereocenters. The van der Waals surface area contributed by atoms with Crippen LogP contribution in [0.5, 0.6) is 0 Å². The summed E-state index contributed by atoms with van der Waals surface area (Å²) in [5.41, 5.74) is -0.397. The first-order chi connectivity index (χ1) is 9.89. The molecule has 3 N–H and O–H groups in total. The molecule has 21 heavy (non-hydrogen) atoms. The van der Waals surface area contributed by atoms with Crippen LogP contribution in [-0.4, -0.2) is 28.9 Å². The predicted octanol–water partition coefficient (Wildman–Crippen LogP) is 2.53. The van der Waals surface area contributed by atoms with Crippen molar-refractivity contribution in [3.8, 4) is 0 Å². The molecule has 118 valence electrons. The van der Waals surface area contributed by atoms with Gasteiger partial charge in [0.2, 0.25) is 0 Å². The Labute approximate surface area is 124 Å². The first-order valence-corrected chi connectivity index (χ1v) is 7.46. The van der Waals surface area contributed by atoms with Gasteiger partial charge < -0.3 is 15.5 Å². The summed E-state index contributed by atoms with van der Waals surface area (Å²) < 4.78 is 25.9. The number of aliphatic hydroxyl groups is 2. The lowest BCUT2D eigenvalue weighted by Gasteiger charge is -2.35. The fourth-order valence-electron chi connectivity index (χ4n) is 2.76. The van der Waals surface area contributed by atoms with Crippen molar-refractivity contribution < 1.29 is 19.0 Å². The summed E-state index contributed by atoms with van der Waals surface area (Å²) >= 11 is 0. The highest BCUT2D eigenvalue weighted by molar-refractivity contribution is 5.20. The van der Waals surface area contributed by atoms with Crippen molar-refractivity contribution in [2.75, 3.05) is 13.1 Å². The highest BCUT2D eigenvalue weighted by Gasteiger charge is 2.31. The first kappa shape index (κ1) is 16.3. The molecule has 0 amide bonds. The van der Waals surface area contributed by atoms with Crippen LogP contribution in [0.2, 0.25) is 0 Å². The molecular weight excluding hydrogens is 276 g/mol. The largest absolute Gasteiger partial charge is 0.389 e. The number of hydrogen-bond donors (Lipinski definition) is 3. The van der Waals surface area contributed by atoms with E-state index in [0.29, 0.717) is 18.0 Å². The molecule has 1 aromatic carbocycles. The van der Waals surface area contributed by atoms with E-state index in [1.807, 2.05) is 0 Å². The van der Waals surface area contributed by atoms with E-state index >= 15 is 0 Å². The van der Waals surface area contributed by atoms with E-state index in [4.69, 9.17) is 0 Å². The van der Waals surface area contributed by atoms with Gasteiger partial charge in [-0.25, -0.2) is 8.78 Å². The number of benzene rings is 1. The van der Waals surface area contributed by atoms with Gasteiger partial charge in [-0.05, 0) is 49.3 Å². The third kappa shape index (κ3) is 4.46. The zero-order chi connectivity index (χ0) is 15.5. The molecule has 0 radical (unpaired) electrons. The highest BCUT2D eigenvalue weighted by atomic mass is 19.2. The maximum Gasteiger partial charge on any atom is 0.159 e. The van der Waals surface area contributed by atoms with Gasteiger partial charge in [0.05, 0.1) is 11.7 Å². The summed E-state index contributed by atoms with van der Waals surface area (Å²) in [6, 6.07) is 3.37.